The molecule has 1 fully saturated rings. The molecule has 1 aliphatic rings. The van der Waals surface area contributed by atoms with Crippen molar-refractivity contribution < 1.29 is 13.2 Å². The normalized spacial score (nSPS) is 18.9. The first-order valence-corrected chi connectivity index (χ1v) is 7.93. The van der Waals surface area contributed by atoms with Gasteiger partial charge in [0.1, 0.15) is 5.82 Å². The van der Waals surface area contributed by atoms with Gasteiger partial charge in [-0.25, -0.2) is 13.4 Å². The predicted octanol–water partition coefficient (Wildman–Crippen LogP) is 0.233. The Hall–Kier alpha value is -1.63. The maximum absolute atomic E-state index is 12.3. The number of carbonyl (C=O) groups is 1. The van der Waals surface area contributed by atoms with Crippen LogP contribution in [0.3, 0.4) is 0 Å². The quantitative estimate of drug-likeness (QED) is 0.796. The van der Waals surface area contributed by atoms with E-state index in [0.29, 0.717) is 30.0 Å². The smallest absolute Gasteiger partial charge is 0.254 e. The van der Waals surface area contributed by atoms with E-state index in [4.69, 9.17) is 5.73 Å². The van der Waals surface area contributed by atoms with Crippen LogP contribution in [0.15, 0.2) is 12.1 Å². The van der Waals surface area contributed by atoms with Crippen molar-refractivity contribution in [3.05, 3.63) is 23.4 Å². The summed E-state index contributed by atoms with van der Waals surface area (Å²) in [5.41, 5.74) is 6.76. The van der Waals surface area contributed by atoms with Crippen LogP contribution in [0.4, 0.5) is 5.82 Å². The predicted molar refractivity (Wildman–Crippen MR) is 72.6 cm³/mol. The van der Waals surface area contributed by atoms with Crippen LogP contribution in [-0.4, -0.2) is 48.8 Å². The molecule has 104 valence electrons. The van der Waals surface area contributed by atoms with Gasteiger partial charge in [-0.1, -0.05) is 0 Å². The number of sulfone groups is 1. The van der Waals surface area contributed by atoms with Gasteiger partial charge in [-0.2, -0.15) is 0 Å². The number of anilines is 1. The van der Waals surface area contributed by atoms with Crippen LogP contribution in [0.25, 0.3) is 0 Å². The molecule has 1 aliphatic heterocycles. The first-order valence-electron chi connectivity index (χ1n) is 6.11. The van der Waals surface area contributed by atoms with E-state index in [1.165, 1.54) is 6.07 Å². The molecule has 7 heteroatoms. The largest absolute Gasteiger partial charge is 0.384 e. The molecule has 1 amide bonds. The molecule has 0 aromatic carbocycles. The minimum Gasteiger partial charge on any atom is -0.384 e. The fraction of sp³-hybridized carbons (Fsp3) is 0.500. The van der Waals surface area contributed by atoms with Crippen LogP contribution in [-0.2, 0) is 9.84 Å². The lowest BCUT2D eigenvalue weighted by molar-refractivity contribution is 0.0768. The molecule has 2 N–H and O–H groups in total. The molecule has 0 bridgehead atoms. The minimum absolute atomic E-state index is 0.0261. The molecule has 0 radical (unpaired) electrons. The molecule has 2 heterocycles. The van der Waals surface area contributed by atoms with Crippen LogP contribution < -0.4 is 5.73 Å². The molecule has 19 heavy (non-hydrogen) atoms. The number of aryl methyl sites for hydroxylation is 1. The summed E-state index contributed by atoms with van der Waals surface area (Å²) in [5, 5.41) is 0. The summed E-state index contributed by atoms with van der Waals surface area (Å²) in [5.74, 6) is 0.284. The van der Waals surface area contributed by atoms with Crippen molar-refractivity contribution in [2.75, 3.05) is 30.3 Å². The highest BCUT2D eigenvalue weighted by Crippen LogP contribution is 2.13. The van der Waals surface area contributed by atoms with E-state index in [2.05, 4.69) is 4.98 Å². The monoisotopic (exact) mass is 283 g/mol. The summed E-state index contributed by atoms with van der Waals surface area (Å²) >= 11 is 0. The molecule has 0 unspecified atom stereocenters. The number of aromatic nitrogens is 1. The van der Waals surface area contributed by atoms with E-state index in [9.17, 15) is 13.2 Å². The van der Waals surface area contributed by atoms with Crippen LogP contribution in [0.5, 0.6) is 0 Å². The topological polar surface area (TPSA) is 93.4 Å². The summed E-state index contributed by atoms with van der Waals surface area (Å²) in [7, 11) is -3.02. The molecule has 0 atom stereocenters. The van der Waals surface area contributed by atoms with Gasteiger partial charge in [0.05, 0.1) is 11.5 Å². The molecule has 1 saturated heterocycles. The van der Waals surface area contributed by atoms with E-state index < -0.39 is 9.84 Å². The second-order valence-corrected chi connectivity index (χ2v) is 7.02. The molecule has 0 saturated carbocycles. The number of nitrogens with two attached hydrogens (primary N) is 1. The number of pyridine rings is 1. The van der Waals surface area contributed by atoms with Crippen molar-refractivity contribution >= 4 is 21.6 Å². The summed E-state index contributed by atoms with van der Waals surface area (Å²) in [6.07, 6.45) is 0.480. The number of nitrogen functional groups attached to an aromatic ring is 1. The third-order valence-corrected chi connectivity index (χ3v) is 4.78. The van der Waals surface area contributed by atoms with Gasteiger partial charge < -0.3 is 10.6 Å². The van der Waals surface area contributed by atoms with Crippen molar-refractivity contribution in [1.29, 1.82) is 0 Å². The van der Waals surface area contributed by atoms with Gasteiger partial charge in [-0.05, 0) is 25.5 Å². The second-order valence-electron chi connectivity index (χ2n) is 4.72. The fourth-order valence-electron chi connectivity index (χ4n) is 2.14. The molecule has 6 nitrogen and oxygen atoms in total. The van der Waals surface area contributed by atoms with E-state index in [-0.39, 0.29) is 24.0 Å². The first-order chi connectivity index (χ1) is 8.87. The number of carbonyl (C=O) groups excluding carboxylic acids is 1. The summed E-state index contributed by atoms with van der Waals surface area (Å²) in [6.45, 7) is 2.46. The maximum Gasteiger partial charge on any atom is 0.254 e. The fourth-order valence-corrected chi connectivity index (χ4v) is 3.41. The van der Waals surface area contributed by atoms with Crippen molar-refractivity contribution in [2.24, 2.45) is 0 Å². The lowest BCUT2D eigenvalue weighted by Gasteiger charge is -2.20. The standard InChI is InChI=1S/C12H17N3O3S/c1-9-7-10(8-11(13)14-9)12(16)15-3-2-5-19(17,18)6-4-15/h7-8H,2-6H2,1H3,(H2,13,14). The average molecular weight is 283 g/mol. The molecule has 1 aromatic heterocycles. The Morgan fingerprint density at radius 3 is 2.74 bits per heavy atom. The lowest BCUT2D eigenvalue weighted by atomic mass is 10.2. The third-order valence-electron chi connectivity index (χ3n) is 3.06. The molecule has 1 aromatic rings. The maximum atomic E-state index is 12.3. The highest BCUT2D eigenvalue weighted by atomic mass is 32.2. The number of nitrogens with zero attached hydrogens (tertiary/aromatic N) is 2. The van der Waals surface area contributed by atoms with Crippen molar-refractivity contribution in [2.45, 2.75) is 13.3 Å². The summed E-state index contributed by atoms with van der Waals surface area (Å²) < 4.78 is 23.0. The van der Waals surface area contributed by atoms with Crippen molar-refractivity contribution in [3.8, 4) is 0 Å². The lowest BCUT2D eigenvalue weighted by Crippen LogP contribution is -2.33. The zero-order chi connectivity index (χ0) is 14.0. The molecular weight excluding hydrogens is 266 g/mol. The Morgan fingerprint density at radius 1 is 1.32 bits per heavy atom. The van der Waals surface area contributed by atoms with Gasteiger partial charge >= 0.3 is 0 Å². The molecule has 0 spiro atoms. The average Bonchev–Trinajstić information content (AvgIpc) is 2.48. The Balaban J connectivity index is 2.19. The third kappa shape index (κ3) is 3.44. The second kappa shape index (κ2) is 5.16. The SMILES string of the molecule is Cc1cc(C(=O)N2CCCS(=O)(=O)CC2)cc(N)n1. The molecule has 2 rings (SSSR count). The number of rotatable bonds is 1. The van der Waals surface area contributed by atoms with Crippen LogP contribution in [0, 0.1) is 6.92 Å². The van der Waals surface area contributed by atoms with E-state index in [1.54, 1.807) is 17.9 Å². The Kier molecular flexibility index (Phi) is 3.75. The van der Waals surface area contributed by atoms with Gasteiger partial charge in [0.15, 0.2) is 9.84 Å². The van der Waals surface area contributed by atoms with Gasteiger partial charge in [0.2, 0.25) is 0 Å². The summed E-state index contributed by atoms with van der Waals surface area (Å²) in [6, 6.07) is 3.19. The van der Waals surface area contributed by atoms with Crippen molar-refractivity contribution in [3.63, 3.8) is 0 Å². The highest BCUT2D eigenvalue weighted by Gasteiger charge is 2.23. The molecule has 0 aliphatic carbocycles. The van der Waals surface area contributed by atoms with Crippen LogP contribution in [0.1, 0.15) is 22.5 Å². The van der Waals surface area contributed by atoms with Crippen molar-refractivity contribution in [1.82, 2.24) is 9.88 Å². The van der Waals surface area contributed by atoms with E-state index in [1.807, 2.05) is 0 Å². The minimum atomic E-state index is -3.02. The zero-order valence-electron chi connectivity index (χ0n) is 10.8. The van der Waals surface area contributed by atoms with Gasteiger partial charge in [-0.15, -0.1) is 0 Å². The summed E-state index contributed by atoms with van der Waals surface area (Å²) in [4.78, 5) is 17.9. The molecular formula is C12H17N3O3S. The number of hydrogen-bond donors (Lipinski definition) is 1. The Labute approximate surface area is 112 Å². The van der Waals surface area contributed by atoms with Crippen LogP contribution >= 0.6 is 0 Å². The van der Waals surface area contributed by atoms with Gasteiger partial charge in [-0.3, -0.25) is 4.79 Å². The van der Waals surface area contributed by atoms with Gasteiger partial charge in [0.25, 0.3) is 5.91 Å². The number of hydrogen-bond acceptors (Lipinski definition) is 5. The Morgan fingerprint density at radius 2 is 2.05 bits per heavy atom. The van der Waals surface area contributed by atoms with E-state index in [0.717, 1.165) is 0 Å². The first kappa shape index (κ1) is 13.8. The van der Waals surface area contributed by atoms with Crippen LogP contribution in [0.2, 0.25) is 0 Å². The highest BCUT2D eigenvalue weighted by molar-refractivity contribution is 7.91. The zero-order valence-corrected chi connectivity index (χ0v) is 11.6. The van der Waals surface area contributed by atoms with Gasteiger partial charge in [0, 0.05) is 24.3 Å². The Bertz CT molecular complexity index is 578. The number of amides is 1. The van der Waals surface area contributed by atoms with E-state index >= 15 is 0 Å².